The Bertz CT molecular complexity index is 875. The summed E-state index contributed by atoms with van der Waals surface area (Å²) in [6, 6.07) is 14.5. The Morgan fingerprint density at radius 3 is 2.62 bits per heavy atom. The van der Waals surface area contributed by atoms with E-state index in [2.05, 4.69) is 26.0 Å². The molecule has 2 amide bonds. The van der Waals surface area contributed by atoms with E-state index in [1.807, 2.05) is 50.2 Å². The Morgan fingerprint density at radius 1 is 1.12 bits per heavy atom. The van der Waals surface area contributed by atoms with E-state index < -0.39 is 0 Å². The number of para-hydroxylation sites is 1. The van der Waals surface area contributed by atoms with Gasteiger partial charge in [0, 0.05) is 23.5 Å². The molecule has 1 heterocycles. The van der Waals surface area contributed by atoms with Gasteiger partial charge >= 0.3 is 6.03 Å². The number of carbonyl (C=O) groups is 1. The molecule has 2 N–H and O–H groups in total. The van der Waals surface area contributed by atoms with Crippen molar-refractivity contribution in [1.82, 2.24) is 20.2 Å². The van der Waals surface area contributed by atoms with Gasteiger partial charge in [0.2, 0.25) is 5.82 Å². The molecule has 0 fully saturated rings. The summed E-state index contributed by atoms with van der Waals surface area (Å²) in [4.78, 5) is 13.5. The number of urea groups is 1. The Labute approximate surface area is 151 Å². The lowest BCUT2D eigenvalue weighted by Crippen LogP contribution is -2.19. The van der Waals surface area contributed by atoms with Crippen LogP contribution in [0.2, 0.25) is 0 Å². The van der Waals surface area contributed by atoms with E-state index in [1.54, 1.807) is 12.1 Å². The first-order valence-corrected chi connectivity index (χ1v) is 8.25. The second kappa shape index (κ2) is 8.21. The molecule has 3 rings (SSSR count). The van der Waals surface area contributed by atoms with Gasteiger partial charge in [0.15, 0.2) is 6.73 Å². The van der Waals surface area contributed by atoms with Gasteiger partial charge in [-0.05, 0) is 55.0 Å². The minimum absolute atomic E-state index is 0.266. The van der Waals surface area contributed by atoms with Crippen LogP contribution in [0.25, 0.3) is 11.4 Å². The van der Waals surface area contributed by atoms with Gasteiger partial charge in [-0.25, -0.2) is 4.79 Å². The van der Waals surface area contributed by atoms with Crippen molar-refractivity contribution in [1.29, 1.82) is 0 Å². The molecule has 8 nitrogen and oxygen atoms in total. The van der Waals surface area contributed by atoms with Crippen LogP contribution in [0.4, 0.5) is 16.2 Å². The number of aryl methyl sites for hydroxylation is 1. The largest absolute Gasteiger partial charge is 0.358 e. The molecule has 0 unspecified atom stereocenters. The molecule has 134 valence electrons. The Balaban J connectivity index is 1.61. The zero-order valence-electron chi connectivity index (χ0n) is 14.6. The molecule has 2 aromatic carbocycles. The van der Waals surface area contributed by atoms with Gasteiger partial charge in [0.05, 0.1) is 0 Å². The van der Waals surface area contributed by atoms with E-state index in [0.717, 1.165) is 16.8 Å². The van der Waals surface area contributed by atoms with Crippen molar-refractivity contribution >= 4 is 17.4 Å². The maximum absolute atomic E-state index is 12.1. The molecule has 0 bridgehead atoms. The third kappa shape index (κ3) is 4.42. The number of benzene rings is 2. The van der Waals surface area contributed by atoms with Crippen molar-refractivity contribution < 1.29 is 9.53 Å². The van der Waals surface area contributed by atoms with E-state index in [0.29, 0.717) is 18.1 Å². The Hall–Kier alpha value is -3.26. The number of aromatic nitrogens is 4. The highest BCUT2D eigenvalue weighted by molar-refractivity contribution is 6.00. The predicted molar refractivity (Wildman–Crippen MR) is 98.7 cm³/mol. The molecule has 3 aromatic rings. The van der Waals surface area contributed by atoms with Crippen molar-refractivity contribution in [3.05, 3.63) is 54.1 Å². The highest BCUT2D eigenvalue weighted by Crippen LogP contribution is 2.18. The number of hydrogen-bond acceptors (Lipinski definition) is 5. The first-order valence-electron chi connectivity index (χ1n) is 8.25. The van der Waals surface area contributed by atoms with Crippen LogP contribution >= 0.6 is 0 Å². The standard InChI is InChI=1S/C18H20N6O2/c1-3-26-12-24-22-17(21-23-24)14-8-10-15(11-9-14)19-18(25)20-16-7-5-4-6-13(16)2/h4-11H,3,12H2,1-2H3,(H2,19,20,25). The predicted octanol–water partition coefficient (Wildman–Crippen LogP) is 3.29. The summed E-state index contributed by atoms with van der Waals surface area (Å²) in [7, 11) is 0. The molecular formula is C18H20N6O2. The zero-order valence-corrected chi connectivity index (χ0v) is 14.6. The molecule has 0 saturated carbocycles. The highest BCUT2D eigenvalue weighted by Gasteiger charge is 2.08. The van der Waals surface area contributed by atoms with Crippen molar-refractivity contribution in [2.45, 2.75) is 20.6 Å². The maximum Gasteiger partial charge on any atom is 0.323 e. The molecule has 0 aliphatic carbocycles. The van der Waals surface area contributed by atoms with Crippen LogP contribution in [0.5, 0.6) is 0 Å². The third-order valence-corrected chi connectivity index (χ3v) is 3.66. The highest BCUT2D eigenvalue weighted by atomic mass is 16.5. The average molecular weight is 352 g/mol. The average Bonchev–Trinajstić information content (AvgIpc) is 3.11. The van der Waals surface area contributed by atoms with Crippen molar-refractivity contribution in [2.75, 3.05) is 17.2 Å². The molecule has 0 atom stereocenters. The minimum atomic E-state index is -0.298. The van der Waals surface area contributed by atoms with E-state index >= 15 is 0 Å². The van der Waals surface area contributed by atoms with Crippen molar-refractivity contribution in [3.63, 3.8) is 0 Å². The van der Waals surface area contributed by atoms with E-state index in [4.69, 9.17) is 4.74 Å². The Kier molecular flexibility index (Phi) is 5.55. The Morgan fingerprint density at radius 2 is 1.88 bits per heavy atom. The second-order valence-corrected chi connectivity index (χ2v) is 5.58. The quantitative estimate of drug-likeness (QED) is 0.710. The molecule has 26 heavy (non-hydrogen) atoms. The number of tetrazole rings is 1. The van der Waals surface area contributed by atoms with E-state index in [9.17, 15) is 4.79 Å². The van der Waals surface area contributed by atoms with Crippen LogP contribution in [0.3, 0.4) is 0 Å². The molecule has 0 aliphatic heterocycles. The van der Waals surface area contributed by atoms with Crippen molar-refractivity contribution in [2.24, 2.45) is 0 Å². The SMILES string of the molecule is CCOCn1nnc(-c2ccc(NC(=O)Nc3ccccc3C)cc2)n1. The zero-order chi connectivity index (χ0) is 18.4. The van der Waals surface area contributed by atoms with Crippen LogP contribution in [0.15, 0.2) is 48.5 Å². The summed E-state index contributed by atoms with van der Waals surface area (Å²) in [5.74, 6) is 0.501. The van der Waals surface area contributed by atoms with Gasteiger partial charge in [-0.2, -0.15) is 0 Å². The van der Waals surface area contributed by atoms with E-state index in [1.165, 1.54) is 4.80 Å². The third-order valence-electron chi connectivity index (χ3n) is 3.66. The number of hydrogen-bond donors (Lipinski definition) is 2. The number of carbonyl (C=O) groups excluding carboxylic acids is 1. The summed E-state index contributed by atoms with van der Waals surface area (Å²) < 4.78 is 5.23. The normalized spacial score (nSPS) is 10.5. The lowest BCUT2D eigenvalue weighted by molar-refractivity contribution is 0.0679. The number of ether oxygens (including phenoxy) is 1. The molecule has 8 heteroatoms. The monoisotopic (exact) mass is 352 g/mol. The van der Waals surface area contributed by atoms with Crippen LogP contribution in [0, 0.1) is 6.92 Å². The number of nitrogens with zero attached hydrogens (tertiary/aromatic N) is 4. The van der Waals surface area contributed by atoms with Crippen molar-refractivity contribution in [3.8, 4) is 11.4 Å². The topological polar surface area (TPSA) is 94.0 Å². The molecular weight excluding hydrogens is 332 g/mol. The molecule has 1 aromatic heterocycles. The fourth-order valence-electron chi connectivity index (χ4n) is 2.29. The van der Waals surface area contributed by atoms with Crippen LogP contribution < -0.4 is 10.6 Å². The van der Waals surface area contributed by atoms with Crippen LogP contribution in [-0.2, 0) is 11.5 Å². The number of rotatable bonds is 6. The van der Waals surface area contributed by atoms with Gasteiger partial charge < -0.3 is 15.4 Å². The van der Waals surface area contributed by atoms with Crippen LogP contribution in [-0.4, -0.2) is 32.8 Å². The summed E-state index contributed by atoms with van der Waals surface area (Å²) in [5, 5.41) is 17.8. The fraction of sp³-hybridized carbons (Fsp3) is 0.222. The lowest BCUT2D eigenvalue weighted by Gasteiger charge is -2.09. The number of anilines is 2. The van der Waals surface area contributed by atoms with Gasteiger partial charge in [0.1, 0.15) is 0 Å². The van der Waals surface area contributed by atoms with Crippen LogP contribution in [0.1, 0.15) is 12.5 Å². The molecule has 0 radical (unpaired) electrons. The molecule has 0 aliphatic rings. The molecule has 0 saturated heterocycles. The van der Waals surface area contributed by atoms with Gasteiger partial charge in [-0.1, -0.05) is 18.2 Å². The first kappa shape index (κ1) is 17.6. The maximum atomic E-state index is 12.1. The first-order chi connectivity index (χ1) is 12.7. The summed E-state index contributed by atoms with van der Waals surface area (Å²) >= 11 is 0. The summed E-state index contributed by atoms with van der Waals surface area (Å²) in [6.45, 7) is 4.69. The number of amides is 2. The lowest BCUT2D eigenvalue weighted by atomic mass is 10.2. The smallest absolute Gasteiger partial charge is 0.323 e. The number of nitrogens with one attached hydrogen (secondary N) is 2. The summed E-state index contributed by atoms with van der Waals surface area (Å²) in [5.41, 5.74) is 3.25. The summed E-state index contributed by atoms with van der Waals surface area (Å²) in [6.07, 6.45) is 0. The molecule has 0 spiro atoms. The fourth-order valence-corrected chi connectivity index (χ4v) is 2.29. The van der Waals surface area contributed by atoms with Gasteiger partial charge in [0.25, 0.3) is 0 Å². The van der Waals surface area contributed by atoms with Gasteiger partial charge in [-0.3, -0.25) is 0 Å². The van der Waals surface area contributed by atoms with Gasteiger partial charge in [-0.15, -0.1) is 15.0 Å². The van der Waals surface area contributed by atoms with E-state index in [-0.39, 0.29) is 12.8 Å². The second-order valence-electron chi connectivity index (χ2n) is 5.58. The minimum Gasteiger partial charge on any atom is -0.358 e.